The van der Waals surface area contributed by atoms with Gasteiger partial charge in [-0.1, -0.05) is 43.5 Å². The lowest BCUT2D eigenvalue weighted by Gasteiger charge is -2.32. The molecule has 0 bridgehead atoms. The predicted molar refractivity (Wildman–Crippen MR) is 185 cm³/mol. The van der Waals surface area contributed by atoms with Gasteiger partial charge in [-0.05, 0) is 72.9 Å². The molecule has 1 saturated heterocycles. The number of unbranched alkanes of at least 4 members (excludes halogenated alkanes) is 4. The lowest BCUT2D eigenvalue weighted by Crippen LogP contribution is -2.35. The van der Waals surface area contributed by atoms with Crippen LogP contribution in [0.1, 0.15) is 75.2 Å². The minimum absolute atomic E-state index is 0.246. The highest BCUT2D eigenvalue weighted by atomic mass is 16.7. The quantitative estimate of drug-likeness (QED) is 0.0995. The van der Waals surface area contributed by atoms with Gasteiger partial charge in [0.25, 0.3) is 0 Å². The summed E-state index contributed by atoms with van der Waals surface area (Å²) in [6.45, 7) is 7.99. The second kappa shape index (κ2) is 17.2. The van der Waals surface area contributed by atoms with Crippen molar-refractivity contribution in [1.29, 1.82) is 0 Å². The van der Waals surface area contributed by atoms with Crippen LogP contribution in [0.5, 0.6) is 5.75 Å². The molecule has 2 heterocycles. The predicted octanol–water partition coefficient (Wildman–Crippen LogP) is 7.63. The van der Waals surface area contributed by atoms with E-state index in [1.807, 2.05) is 61.2 Å². The van der Waals surface area contributed by atoms with Crippen molar-refractivity contribution in [3.05, 3.63) is 83.4 Å². The molecule has 11 nitrogen and oxygen atoms in total. The van der Waals surface area contributed by atoms with Gasteiger partial charge in [-0.2, -0.15) is 0 Å². The molecule has 4 N–H and O–H groups in total. The maximum atomic E-state index is 12.5. The number of amides is 3. The average Bonchev–Trinajstić information content (AvgIpc) is 3.42. The number of anilines is 3. The first-order valence-corrected chi connectivity index (χ1v) is 16.8. The Kier molecular flexibility index (Phi) is 12.5. The minimum Gasteiger partial charge on any atom is -0.463 e. The maximum Gasteiger partial charge on any atom is 0.410 e. The lowest BCUT2D eigenvalue weighted by molar-refractivity contribution is -0.180. The largest absolute Gasteiger partial charge is 0.463 e. The molecule has 48 heavy (non-hydrogen) atoms. The Morgan fingerprint density at radius 1 is 0.896 bits per heavy atom. The van der Waals surface area contributed by atoms with E-state index < -0.39 is 5.79 Å². The molecule has 0 saturated carbocycles. The van der Waals surface area contributed by atoms with Crippen LogP contribution >= 0.6 is 0 Å². The first kappa shape index (κ1) is 35.0. The van der Waals surface area contributed by atoms with Gasteiger partial charge in [-0.25, -0.2) is 9.59 Å². The summed E-state index contributed by atoms with van der Waals surface area (Å²) < 4.78 is 28.9. The highest BCUT2D eigenvalue weighted by Gasteiger charge is 2.33. The van der Waals surface area contributed by atoms with Crippen molar-refractivity contribution >= 4 is 29.2 Å². The Morgan fingerprint density at radius 2 is 1.62 bits per heavy atom. The van der Waals surface area contributed by atoms with Gasteiger partial charge in [0.15, 0.2) is 0 Å². The van der Waals surface area contributed by atoms with E-state index in [2.05, 4.69) is 10.6 Å². The van der Waals surface area contributed by atoms with Gasteiger partial charge in [0.05, 0.1) is 19.8 Å². The number of benzene rings is 3. The number of nitrogens with zero attached hydrogens (tertiary/aromatic N) is 1. The number of rotatable bonds is 17. The molecule has 2 aliphatic heterocycles. The van der Waals surface area contributed by atoms with Crippen LogP contribution in [-0.2, 0) is 32.2 Å². The summed E-state index contributed by atoms with van der Waals surface area (Å²) in [7, 11) is 0. The third kappa shape index (κ3) is 10.9. The number of cyclic esters (lactones) is 1. The molecule has 3 amide bonds. The SMILES string of the molecule is CC1(C)OCc2cc(C3CN(CCCCCCCOCCCOCc4cccc(NC(=O)Nc5cccc(N)c5)c4)C(=O)O3)ccc2O1. The number of fused-ring (bicyclic) bond motifs is 1. The lowest BCUT2D eigenvalue weighted by atomic mass is 10.0. The van der Waals surface area contributed by atoms with E-state index in [0.717, 1.165) is 67.6 Å². The summed E-state index contributed by atoms with van der Waals surface area (Å²) in [5, 5.41) is 5.61. The fourth-order valence-corrected chi connectivity index (χ4v) is 5.66. The summed E-state index contributed by atoms with van der Waals surface area (Å²) in [6.07, 6.45) is 5.55. The number of nitrogens with one attached hydrogen (secondary N) is 2. The van der Waals surface area contributed by atoms with E-state index in [0.29, 0.717) is 56.6 Å². The van der Waals surface area contributed by atoms with Crippen molar-refractivity contribution in [3.8, 4) is 5.75 Å². The summed E-state index contributed by atoms with van der Waals surface area (Å²) in [4.78, 5) is 26.6. The van der Waals surface area contributed by atoms with Crippen molar-refractivity contribution in [2.45, 2.75) is 77.5 Å². The van der Waals surface area contributed by atoms with E-state index in [-0.39, 0.29) is 18.2 Å². The first-order chi connectivity index (χ1) is 23.2. The molecule has 11 heteroatoms. The van der Waals surface area contributed by atoms with Gasteiger partial charge >= 0.3 is 12.1 Å². The van der Waals surface area contributed by atoms with E-state index in [1.165, 1.54) is 0 Å². The summed E-state index contributed by atoms with van der Waals surface area (Å²) >= 11 is 0. The van der Waals surface area contributed by atoms with Gasteiger partial charge in [-0.3, -0.25) is 0 Å². The van der Waals surface area contributed by atoms with Gasteiger partial charge in [0.1, 0.15) is 11.9 Å². The van der Waals surface area contributed by atoms with Gasteiger partial charge in [0.2, 0.25) is 5.79 Å². The van der Waals surface area contributed by atoms with Crippen molar-refractivity contribution in [2.75, 3.05) is 49.3 Å². The maximum absolute atomic E-state index is 12.5. The van der Waals surface area contributed by atoms with E-state index >= 15 is 0 Å². The van der Waals surface area contributed by atoms with E-state index in [4.69, 9.17) is 29.4 Å². The zero-order valence-corrected chi connectivity index (χ0v) is 28.0. The molecule has 2 aliphatic rings. The molecular weight excluding hydrogens is 612 g/mol. The number of hydrogen-bond acceptors (Lipinski definition) is 8. The number of urea groups is 1. The topological polar surface area (TPSA) is 134 Å². The van der Waals surface area contributed by atoms with E-state index in [1.54, 1.807) is 24.3 Å². The van der Waals surface area contributed by atoms with Gasteiger partial charge in [0, 0.05) is 62.8 Å². The number of nitrogen functional groups attached to an aromatic ring is 1. The van der Waals surface area contributed by atoms with Crippen LogP contribution in [0.4, 0.5) is 26.7 Å². The van der Waals surface area contributed by atoms with Crippen molar-refractivity contribution in [1.82, 2.24) is 4.90 Å². The Bertz CT molecular complexity index is 1510. The molecule has 1 unspecified atom stereocenters. The zero-order valence-electron chi connectivity index (χ0n) is 28.0. The van der Waals surface area contributed by atoms with Crippen LogP contribution in [0.15, 0.2) is 66.7 Å². The molecule has 0 radical (unpaired) electrons. The van der Waals surface area contributed by atoms with Gasteiger partial charge in [-0.15, -0.1) is 0 Å². The molecule has 5 rings (SSSR count). The third-order valence-electron chi connectivity index (χ3n) is 8.17. The Labute approximate surface area is 283 Å². The van der Waals surface area contributed by atoms with Crippen molar-refractivity contribution in [2.24, 2.45) is 0 Å². The van der Waals surface area contributed by atoms with Crippen molar-refractivity contribution in [3.63, 3.8) is 0 Å². The highest BCUT2D eigenvalue weighted by molar-refractivity contribution is 6.00. The molecule has 0 aliphatic carbocycles. The molecule has 1 atom stereocenters. The molecular formula is C37H48N4O7. The molecule has 0 spiro atoms. The summed E-state index contributed by atoms with van der Waals surface area (Å²) in [5.74, 6) is 0.186. The summed E-state index contributed by atoms with van der Waals surface area (Å²) in [5.41, 5.74) is 10.6. The monoisotopic (exact) mass is 660 g/mol. The standard InChI is InChI=1S/C37H48N4O7/c1-37(2)46-26-29-22-28(15-16-33(29)48-37)34-24-41(36(43)47-34)17-6-4-3-5-7-18-44-19-10-20-45-25-27-11-8-13-31(21-27)39-35(42)40-32-14-9-12-30(38)23-32/h8-9,11-16,21-23,34H,3-7,10,17-20,24-26,38H2,1-2H3,(H2,39,40,42). The summed E-state index contributed by atoms with van der Waals surface area (Å²) in [6, 6.07) is 20.2. The average molecular weight is 661 g/mol. The van der Waals surface area contributed by atoms with Crippen LogP contribution in [-0.4, -0.2) is 55.7 Å². The Hall–Kier alpha value is -4.32. The molecule has 3 aromatic rings. The fraction of sp³-hybridized carbons (Fsp3) is 0.459. The molecule has 3 aromatic carbocycles. The zero-order chi connectivity index (χ0) is 33.8. The fourth-order valence-electron chi connectivity index (χ4n) is 5.66. The second-order valence-corrected chi connectivity index (χ2v) is 12.7. The third-order valence-corrected chi connectivity index (χ3v) is 8.17. The van der Waals surface area contributed by atoms with Crippen LogP contribution in [0.2, 0.25) is 0 Å². The van der Waals surface area contributed by atoms with Crippen LogP contribution in [0.25, 0.3) is 0 Å². The molecule has 0 aromatic heterocycles. The first-order valence-electron chi connectivity index (χ1n) is 16.8. The van der Waals surface area contributed by atoms with Crippen LogP contribution in [0, 0.1) is 0 Å². The number of nitrogens with two attached hydrogens (primary N) is 1. The Morgan fingerprint density at radius 3 is 2.46 bits per heavy atom. The minimum atomic E-state index is -0.632. The second-order valence-electron chi connectivity index (χ2n) is 12.7. The highest BCUT2D eigenvalue weighted by Crippen LogP contribution is 2.35. The van der Waals surface area contributed by atoms with Gasteiger partial charge < -0.3 is 45.0 Å². The number of carbonyl (C=O) groups is 2. The van der Waals surface area contributed by atoms with Crippen LogP contribution < -0.4 is 21.1 Å². The molecule has 258 valence electrons. The smallest absolute Gasteiger partial charge is 0.410 e. The number of hydrogen-bond donors (Lipinski definition) is 3. The van der Waals surface area contributed by atoms with Crippen LogP contribution in [0.3, 0.4) is 0 Å². The Balaban J connectivity index is 0.854. The normalized spacial score (nSPS) is 16.6. The molecule has 1 fully saturated rings. The van der Waals surface area contributed by atoms with Crippen molar-refractivity contribution < 1.29 is 33.3 Å². The number of carbonyl (C=O) groups excluding carboxylic acids is 2. The number of ether oxygens (including phenoxy) is 5. The van der Waals surface area contributed by atoms with E-state index in [9.17, 15) is 9.59 Å².